The van der Waals surface area contributed by atoms with Crippen LogP contribution in [0.3, 0.4) is 0 Å². The maximum atomic E-state index is 11.9. The number of rotatable bonds is 5. The predicted octanol–water partition coefficient (Wildman–Crippen LogP) is 3.69. The van der Waals surface area contributed by atoms with Crippen molar-refractivity contribution in [1.29, 1.82) is 0 Å². The van der Waals surface area contributed by atoms with Gasteiger partial charge >= 0.3 is 6.03 Å². The summed E-state index contributed by atoms with van der Waals surface area (Å²) >= 11 is 1.63. The number of piperidine rings is 1. The Morgan fingerprint density at radius 3 is 2.62 bits per heavy atom. The van der Waals surface area contributed by atoms with Crippen molar-refractivity contribution < 1.29 is 9.53 Å². The van der Waals surface area contributed by atoms with Crippen LogP contribution in [-0.2, 0) is 11.3 Å². The lowest BCUT2D eigenvalue weighted by Crippen LogP contribution is -2.36. The fourth-order valence-corrected chi connectivity index (χ4v) is 3.51. The second-order valence-corrected chi connectivity index (χ2v) is 6.89. The van der Waals surface area contributed by atoms with Crippen molar-refractivity contribution in [1.82, 2.24) is 5.32 Å². The van der Waals surface area contributed by atoms with Gasteiger partial charge in [-0.3, -0.25) is 0 Å². The number of nitrogens with one attached hydrogen (secondary N) is 2. The highest BCUT2D eigenvalue weighted by Gasteiger charge is 2.18. The number of hydrogen-bond donors (Lipinski definition) is 2. The smallest absolute Gasteiger partial charge is 0.319 e. The summed E-state index contributed by atoms with van der Waals surface area (Å²) in [6.07, 6.45) is 2.50. The second kappa shape index (κ2) is 8.17. The van der Waals surface area contributed by atoms with Crippen molar-refractivity contribution in [3.63, 3.8) is 0 Å². The Kier molecular flexibility index (Phi) is 5.72. The Bertz CT molecular complexity index is 635. The zero-order valence-corrected chi connectivity index (χ0v) is 14.6. The van der Waals surface area contributed by atoms with E-state index in [1.807, 2.05) is 29.6 Å². The molecule has 2 N–H and O–H groups in total. The number of carbonyl (C=O) groups excluding carboxylic acids is 1. The normalized spacial score (nSPS) is 15.3. The zero-order valence-electron chi connectivity index (χ0n) is 13.8. The van der Waals surface area contributed by atoms with E-state index in [1.165, 1.54) is 5.69 Å². The summed E-state index contributed by atoms with van der Waals surface area (Å²) in [5.41, 5.74) is 1.99. The summed E-state index contributed by atoms with van der Waals surface area (Å²) in [6.45, 7) is 2.56. The molecule has 1 aliphatic heterocycles. The van der Waals surface area contributed by atoms with E-state index >= 15 is 0 Å². The van der Waals surface area contributed by atoms with Gasteiger partial charge in [-0.1, -0.05) is 6.07 Å². The molecule has 0 aliphatic carbocycles. The van der Waals surface area contributed by atoms with E-state index in [4.69, 9.17) is 4.74 Å². The number of carbonyl (C=O) groups is 1. The molecule has 0 unspecified atom stereocenters. The molecule has 1 fully saturated rings. The minimum absolute atomic E-state index is 0.183. The van der Waals surface area contributed by atoms with Crippen LogP contribution in [0.2, 0.25) is 0 Å². The van der Waals surface area contributed by atoms with Crippen LogP contribution in [-0.4, -0.2) is 32.3 Å². The predicted molar refractivity (Wildman–Crippen MR) is 98.9 cm³/mol. The Morgan fingerprint density at radius 2 is 2.00 bits per heavy atom. The summed E-state index contributed by atoms with van der Waals surface area (Å²) in [7, 11) is 1.78. The highest BCUT2D eigenvalue weighted by atomic mass is 32.1. The number of anilines is 2. The highest BCUT2D eigenvalue weighted by Crippen LogP contribution is 2.22. The molecule has 0 atom stereocenters. The molecule has 128 valence electrons. The van der Waals surface area contributed by atoms with Gasteiger partial charge in [-0.25, -0.2) is 4.79 Å². The quantitative estimate of drug-likeness (QED) is 0.869. The van der Waals surface area contributed by atoms with Crippen molar-refractivity contribution in [3.05, 3.63) is 46.7 Å². The molecule has 2 heterocycles. The molecule has 0 bridgehead atoms. The monoisotopic (exact) mass is 345 g/mol. The molecule has 1 aliphatic rings. The summed E-state index contributed by atoms with van der Waals surface area (Å²) in [5.74, 6) is 0. The minimum Gasteiger partial charge on any atom is -0.381 e. The molecule has 0 spiro atoms. The Hall–Kier alpha value is -2.05. The van der Waals surface area contributed by atoms with Crippen molar-refractivity contribution in [2.75, 3.05) is 30.4 Å². The lowest BCUT2D eigenvalue weighted by molar-refractivity contribution is 0.0819. The number of thiophene rings is 1. The zero-order chi connectivity index (χ0) is 16.8. The highest BCUT2D eigenvalue weighted by molar-refractivity contribution is 7.09. The Balaban J connectivity index is 1.48. The molecule has 6 heteroatoms. The molecule has 24 heavy (non-hydrogen) atoms. The van der Waals surface area contributed by atoms with Gasteiger partial charge in [-0.05, 0) is 48.6 Å². The van der Waals surface area contributed by atoms with Gasteiger partial charge in [0.15, 0.2) is 0 Å². The number of methoxy groups -OCH3 is 1. The average Bonchev–Trinajstić information content (AvgIpc) is 3.14. The molecular weight excluding hydrogens is 322 g/mol. The molecular formula is C18H23N3O2S. The van der Waals surface area contributed by atoms with E-state index < -0.39 is 0 Å². The van der Waals surface area contributed by atoms with Crippen molar-refractivity contribution in [2.45, 2.75) is 25.5 Å². The maximum absolute atomic E-state index is 11.9. The van der Waals surface area contributed by atoms with E-state index in [2.05, 4.69) is 27.7 Å². The number of nitrogens with zero attached hydrogens (tertiary/aromatic N) is 1. The topological polar surface area (TPSA) is 53.6 Å². The number of ether oxygens (including phenoxy) is 1. The third-order valence-corrected chi connectivity index (χ3v) is 5.15. The number of amides is 2. The molecule has 1 saturated heterocycles. The van der Waals surface area contributed by atoms with Gasteiger partial charge in [0.2, 0.25) is 0 Å². The van der Waals surface area contributed by atoms with Crippen LogP contribution >= 0.6 is 11.3 Å². The molecule has 1 aromatic carbocycles. The molecule has 0 radical (unpaired) electrons. The van der Waals surface area contributed by atoms with Crippen LogP contribution in [0.15, 0.2) is 41.8 Å². The summed E-state index contributed by atoms with van der Waals surface area (Å²) < 4.78 is 5.41. The first kappa shape index (κ1) is 16.8. The Labute approximate surface area is 146 Å². The van der Waals surface area contributed by atoms with Crippen LogP contribution < -0.4 is 15.5 Å². The SMILES string of the molecule is COC1CCN(c2ccc(NC(=O)NCc3cccs3)cc2)CC1. The number of urea groups is 1. The van der Waals surface area contributed by atoms with Gasteiger partial charge in [-0.2, -0.15) is 0 Å². The first-order valence-electron chi connectivity index (χ1n) is 8.19. The van der Waals surface area contributed by atoms with Gasteiger partial charge < -0.3 is 20.3 Å². The second-order valence-electron chi connectivity index (χ2n) is 5.86. The molecule has 2 amide bonds. The lowest BCUT2D eigenvalue weighted by atomic mass is 10.1. The first-order valence-corrected chi connectivity index (χ1v) is 9.07. The van der Waals surface area contributed by atoms with Crippen molar-refractivity contribution >= 4 is 28.7 Å². The third kappa shape index (κ3) is 4.49. The molecule has 0 saturated carbocycles. The number of benzene rings is 1. The van der Waals surface area contributed by atoms with Gasteiger partial charge in [0, 0.05) is 36.5 Å². The van der Waals surface area contributed by atoms with Crippen molar-refractivity contribution in [3.8, 4) is 0 Å². The first-order chi connectivity index (χ1) is 11.7. The van der Waals surface area contributed by atoms with Crippen LogP contribution in [0.25, 0.3) is 0 Å². The lowest BCUT2D eigenvalue weighted by Gasteiger charge is -2.33. The minimum atomic E-state index is -0.183. The average molecular weight is 345 g/mol. The van der Waals surface area contributed by atoms with Crippen LogP contribution in [0, 0.1) is 0 Å². The van der Waals surface area contributed by atoms with E-state index in [1.54, 1.807) is 18.4 Å². The van der Waals surface area contributed by atoms with Crippen LogP contribution in [0.4, 0.5) is 16.2 Å². The van der Waals surface area contributed by atoms with Crippen LogP contribution in [0.5, 0.6) is 0 Å². The molecule has 2 aromatic rings. The van der Waals surface area contributed by atoms with E-state index in [0.717, 1.165) is 36.5 Å². The standard InChI is InChI=1S/C18H23N3O2S/c1-23-16-8-10-21(11-9-16)15-6-4-14(5-7-15)20-18(22)19-13-17-3-2-12-24-17/h2-7,12,16H,8-11,13H2,1H3,(H2,19,20,22). The van der Waals surface area contributed by atoms with E-state index in [9.17, 15) is 4.79 Å². The van der Waals surface area contributed by atoms with E-state index in [0.29, 0.717) is 12.6 Å². The van der Waals surface area contributed by atoms with Gasteiger partial charge in [-0.15, -0.1) is 11.3 Å². The van der Waals surface area contributed by atoms with Crippen molar-refractivity contribution in [2.24, 2.45) is 0 Å². The summed E-state index contributed by atoms with van der Waals surface area (Å²) in [5, 5.41) is 7.73. The van der Waals surface area contributed by atoms with Crippen LogP contribution in [0.1, 0.15) is 17.7 Å². The fourth-order valence-electron chi connectivity index (χ4n) is 2.86. The van der Waals surface area contributed by atoms with Gasteiger partial charge in [0.05, 0.1) is 12.6 Å². The molecule has 3 rings (SSSR count). The summed E-state index contributed by atoms with van der Waals surface area (Å²) in [6, 6.07) is 11.8. The third-order valence-electron chi connectivity index (χ3n) is 4.27. The van der Waals surface area contributed by atoms with Gasteiger partial charge in [0.25, 0.3) is 0 Å². The summed E-state index contributed by atoms with van der Waals surface area (Å²) in [4.78, 5) is 15.4. The Morgan fingerprint density at radius 1 is 1.25 bits per heavy atom. The van der Waals surface area contributed by atoms with Gasteiger partial charge in [0.1, 0.15) is 0 Å². The largest absolute Gasteiger partial charge is 0.381 e. The number of hydrogen-bond acceptors (Lipinski definition) is 4. The van der Waals surface area contributed by atoms with E-state index in [-0.39, 0.29) is 6.03 Å². The fraction of sp³-hybridized carbons (Fsp3) is 0.389. The molecule has 1 aromatic heterocycles. The molecule has 5 nitrogen and oxygen atoms in total. The maximum Gasteiger partial charge on any atom is 0.319 e.